The Kier molecular flexibility index (Phi) is 6.82. The molecule has 28 heavy (non-hydrogen) atoms. The summed E-state index contributed by atoms with van der Waals surface area (Å²) in [7, 11) is 0. The molecule has 0 saturated carbocycles. The predicted molar refractivity (Wildman–Crippen MR) is 109 cm³/mol. The number of amides is 1. The Balaban J connectivity index is 1.42. The third-order valence-electron chi connectivity index (χ3n) is 5.22. The molecule has 5 nitrogen and oxygen atoms in total. The highest BCUT2D eigenvalue weighted by Crippen LogP contribution is 2.19. The van der Waals surface area contributed by atoms with Crippen LogP contribution >= 0.6 is 0 Å². The topological polar surface area (TPSA) is 58.6 Å². The smallest absolute Gasteiger partial charge is 0.258 e. The maximum atomic E-state index is 12.3. The lowest BCUT2D eigenvalue weighted by Gasteiger charge is -2.37. The van der Waals surface area contributed by atoms with Gasteiger partial charge in [-0.2, -0.15) is 0 Å². The first-order valence-corrected chi connectivity index (χ1v) is 9.80. The van der Waals surface area contributed by atoms with Crippen LogP contribution in [0.4, 0.5) is 0 Å². The normalized spacial score (nSPS) is 19.8. The van der Waals surface area contributed by atoms with Crippen LogP contribution in [0.5, 0.6) is 5.75 Å². The minimum absolute atomic E-state index is 0.0110. The van der Waals surface area contributed by atoms with Gasteiger partial charge in [-0.1, -0.05) is 37.3 Å². The number of nitrogens with zero attached hydrogens (tertiary/aromatic N) is 1. The molecule has 2 aromatic carbocycles. The highest BCUT2D eigenvalue weighted by Gasteiger charge is 2.27. The summed E-state index contributed by atoms with van der Waals surface area (Å²) in [6, 6.07) is 17.5. The molecule has 1 saturated heterocycles. The minimum Gasteiger partial charge on any atom is -0.484 e. The SMILES string of the molecule is CC(=O)c1ccc(OCC(=O)N[C@@H]2CCN(Cc3ccccc3)C[C@H]2C)cc1. The fourth-order valence-electron chi connectivity index (χ4n) is 3.61. The Labute approximate surface area is 166 Å². The van der Waals surface area contributed by atoms with Crippen molar-refractivity contribution in [2.45, 2.75) is 32.9 Å². The van der Waals surface area contributed by atoms with E-state index in [1.54, 1.807) is 24.3 Å². The second-order valence-corrected chi connectivity index (χ2v) is 7.53. The lowest BCUT2D eigenvalue weighted by Crippen LogP contribution is -2.50. The number of rotatable bonds is 7. The van der Waals surface area contributed by atoms with Gasteiger partial charge < -0.3 is 10.1 Å². The van der Waals surface area contributed by atoms with Gasteiger partial charge in [0.25, 0.3) is 5.91 Å². The van der Waals surface area contributed by atoms with Crippen molar-refractivity contribution >= 4 is 11.7 Å². The van der Waals surface area contributed by atoms with Crippen molar-refractivity contribution in [1.29, 1.82) is 0 Å². The molecule has 1 amide bonds. The van der Waals surface area contributed by atoms with Crippen molar-refractivity contribution in [1.82, 2.24) is 10.2 Å². The molecular weight excluding hydrogens is 352 g/mol. The number of hydrogen-bond donors (Lipinski definition) is 1. The number of benzene rings is 2. The Morgan fingerprint density at radius 2 is 1.82 bits per heavy atom. The van der Waals surface area contributed by atoms with E-state index in [1.807, 2.05) is 6.07 Å². The van der Waals surface area contributed by atoms with Gasteiger partial charge in [0.05, 0.1) is 0 Å². The summed E-state index contributed by atoms with van der Waals surface area (Å²) in [5.74, 6) is 0.878. The monoisotopic (exact) mass is 380 g/mol. The summed E-state index contributed by atoms with van der Waals surface area (Å²) < 4.78 is 5.55. The number of carbonyl (C=O) groups excluding carboxylic acids is 2. The molecule has 5 heteroatoms. The second-order valence-electron chi connectivity index (χ2n) is 7.53. The van der Waals surface area contributed by atoms with E-state index in [0.717, 1.165) is 26.1 Å². The molecule has 0 bridgehead atoms. The Morgan fingerprint density at radius 3 is 2.46 bits per heavy atom. The van der Waals surface area contributed by atoms with E-state index in [9.17, 15) is 9.59 Å². The van der Waals surface area contributed by atoms with E-state index < -0.39 is 0 Å². The van der Waals surface area contributed by atoms with Gasteiger partial charge in [-0.05, 0) is 49.1 Å². The van der Waals surface area contributed by atoms with Crippen molar-refractivity contribution in [3.05, 3.63) is 65.7 Å². The molecule has 0 aromatic heterocycles. The van der Waals surface area contributed by atoms with Crippen LogP contribution in [0.15, 0.2) is 54.6 Å². The van der Waals surface area contributed by atoms with E-state index in [0.29, 0.717) is 17.2 Å². The molecule has 1 aliphatic rings. The number of hydrogen-bond acceptors (Lipinski definition) is 4. The summed E-state index contributed by atoms with van der Waals surface area (Å²) in [5.41, 5.74) is 1.95. The van der Waals surface area contributed by atoms with Gasteiger partial charge in [-0.15, -0.1) is 0 Å². The standard InChI is InChI=1S/C23H28N2O3/c1-17-14-25(15-19-6-4-3-5-7-19)13-12-22(17)24-23(27)16-28-21-10-8-20(9-11-21)18(2)26/h3-11,17,22H,12-16H2,1-2H3,(H,24,27)/t17-,22-/m1/s1. The van der Waals surface area contributed by atoms with Crippen molar-refractivity contribution in [3.8, 4) is 5.75 Å². The zero-order chi connectivity index (χ0) is 19.9. The van der Waals surface area contributed by atoms with E-state index in [4.69, 9.17) is 4.74 Å². The number of ether oxygens (including phenoxy) is 1. The lowest BCUT2D eigenvalue weighted by atomic mass is 9.93. The van der Waals surface area contributed by atoms with Gasteiger partial charge in [0.2, 0.25) is 0 Å². The zero-order valence-electron chi connectivity index (χ0n) is 16.6. The van der Waals surface area contributed by atoms with Crippen LogP contribution in [0, 0.1) is 5.92 Å². The summed E-state index contributed by atoms with van der Waals surface area (Å²) in [4.78, 5) is 26.0. The molecule has 0 unspecified atom stereocenters. The number of nitrogens with one attached hydrogen (secondary N) is 1. The third-order valence-corrected chi connectivity index (χ3v) is 5.22. The number of likely N-dealkylation sites (tertiary alicyclic amines) is 1. The molecule has 2 atom stereocenters. The average molecular weight is 380 g/mol. The number of carbonyl (C=O) groups is 2. The van der Waals surface area contributed by atoms with Gasteiger partial charge in [0.1, 0.15) is 5.75 Å². The summed E-state index contributed by atoms with van der Waals surface area (Å²) in [6.07, 6.45) is 0.938. The van der Waals surface area contributed by atoms with Gasteiger partial charge in [-0.25, -0.2) is 0 Å². The first-order chi connectivity index (χ1) is 13.5. The maximum absolute atomic E-state index is 12.3. The summed E-state index contributed by atoms with van der Waals surface area (Å²) in [6.45, 7) is 6.57. The maximum Gasteiger partial charge on any atom is 0.258 e. The second kappa shape index (κ2) is 9.51. The molecule has 0 aliphatic carbocycles. The zero-order valence-corrected chi connectivity index (χ0v) is 16.6. The first-order valence-electron chi connectivity index (χ1n) is 9.80. The number of piperidine rings is 1. The van der Waals surface area contributed by atoms with Crippen LogP contribution < -0.4 is 10.1 Å². The van der Waals surface area contributed by atoms with Crippen LogP contribution in [-0.4, -0.2) is 42.3 Å². The van der Waals surface area contributed by atoms with Crippen molar-refractivity contribution < 1.29 is 14.3 Å². The molecule has 1 N–H and O–H groups in total. The average Bonchev–Trinajstić information content (AvgIpc) is 2.69. The van der Waals surface area contributed by atoms with Crippen molar-refractivity contribution in [2.24, 2.45) is 5.92 Å². The molecular formula is C23H28N2O3. The Morgan fingerprint density at radius 1 is 1.11 bits per heavy atom. The third kappa shape index (κ3) is 5.67. The highest BCUT2D eigenvalue weighted by molar-refractivity contribution is 5.94. The molecule has 0 radical (unpaired) electrons. The largest absolute Gasteiger partial charge is 0.484 e. The molecule has 1 aliphatic heterocycles. The predicted octanol–water partition coefficient (Wildman–Crippen LogP) is 3.29. The molecule has 1 fully saturated rings. The lowest BCUT2D eigenvalue weighted by molar-refractivity contribution is -0.124. The molecule has 1 heterocycles. The van der Waals surface area contributed by atoms with Crippen LogP contribution in [0.3, 0.4) is 0 Å². The molecule has 2 aromatic rings. The number of ketones is 1. The van der Waals surface area contributed by atoms with Crippen LogP contribution in [0.25, 0.3) is 0 Å². The molecule has 0 spiro atoms. The van der Waals surface area contributed by atoms with Crippen LogP contribution in [-0.2, 0) is 11.3 Å². The minimum atomic E-state index is -0.107. The van der Waals surface area contributed by atoms with Crippen LogP contribution in [0.1, 0.15) is 36.2 Å². The van der Waals surface area contributed by atoms with Crippen LogP contribution in [0.2, 0.25) is 0 Å². The summed E-state index contributed by atoms with van der Waals surface area (Å²) in [5, 5.41) is 3.11. The highest BCUT2D eigenvalue weighted by atomic mass is 16.5. The van der Waals surface area contributed by atoms with Crippen molar-refractivity contribution in [3.63, 3.8) is 0 Å². The summed E-state index contributed by atoms with van der Waals surface area (Å²) >= 11 is 0. The quantitative estimate of drug-likeness (QED) is 0.749. The van der Waals surface area contributed by atoms with Crippen molar-refractivity contribution in [2.75, 3.05) is 19.7 Å². The molecule has 3 rings (SSSR count). The van der Waals surface area contributed by atoms with E-state index >= 15 is 0 Å². The van der Waals surface area contributed by atoms with E-state index in [2.05, 4.69) is 41.4 Å². The van der Waals surface area contributed by atoms with Gasteiger partial charge in [0.15, 0.2) is 12.4 Å². The van der Waals surface area contributed by atoms with Gasteiger partial charge >= 0.3 is 0 Å². The number of Topliss-reactive ketones (excluding diaryl/α,β-unsaturated/α-hetero) is 1. The first kappa shape index (κ1) is 20.1. The Hall–Kier alpha value is -2.66. The van der Waals surface area contributed by atoms with E-state index in [-0.39, 0.29) is 24.3 Å². The molecule has 148 valence electrons. The Bertz CT molecular complexity index is 789. The van der Waals surface area contributed by atoms with Gasteiger partial charge in [0, 0.05) is 31.2 Å². The fourth-order valence-corrected chi connectivity index (χ4v) is 3.61. The van der Waals surface area contributed by atoms with Gasteiger partial charge in [-0.3, -0.25) is 14.5 Å². The van der Waals surface area contributed by atoms with E-state index in [1.165, 1.54) is 12.5 Å². The fraction of sp³-hybridized carbons (Fsp3) is 0.391.